The molecule has 2 heterocycles. The van der Waals surface area contributed by atoms with Gasteiger partial charge in [-0.15, -0.1) is 0 Å². The van der Waals surface area contributed by atoms with Crippen LogP contribution < -0.4 is 11.4 Å². The lowest BCUT2D eigenvalue weighted by molar-refractivity contribution is -0.120. The molecule has 0 radical (unpaired) electrons. The zero-order valence-electron chi connectivity index (χ0n) is 18.3. The van der Waals surface area contributed by atoms with Crippen LogP contribution in [0.4, 0.5) is 14.6 Å². The molecular formula is C20H24F2N3O8P. The summed E-state index contributed by atoms with van der Waals surface area (Å²) in [7, 11) is -4.71. The number of benzene rings is 1. The number of anilines is 1. The maximum absolute atomic E-state index is 14.4. The number of carbonyl (C=O) groups is 1. The van der Waals surface area contributed by atoms with E-state index >= 15 is 0 Å². The van der Waals surface area contributed by atoms with Crippen molar-refractivity contribution >= 4 is 19.6 Å². The number of hydrogen-bond donors (Lipinski definition) is 2. The number of phosphoric ester groups is 1. The Balaban J connectivity index is 1.60. The lowest BCUT2D eigenvalue weighted by Crippen LogP contribution is -2.35. The molecule has 34 heavy (non-hydrogen) atoms. The maximum atomic E-state index is 14.4. The summed E-state index contributed by atoms with van der Waals surface area (Å²) in [5, 5.41) is 0. The van der Waals surface area contributed by atoms with Crippen molar-refractivity contribution in [2.45, 2.75) is 51.2 Å². The number of alkyl halides is 2. The highest BCUT2D eigenvalue weighted by molar-refractivity contribution is 7.47. The molecule has 1 aromatic carbocycles. The third-order valence-corrected chi connectivity index (χ3v) is 5.60. The smallest absolute Gasteiger partial charge is 0.459 e. The molecule has 0 bridgehead atoms. The number of rotatable bonds is 9. The molecule has 186 valence electrons. The highest BCUT2D eigenvalue weighted by atomic mass is 31.2. The van der Waals surface area contributed by atoms with E-state index in [9.17, 15) is 27.8 Å². The van der Waals surface area contributed by atoms with E-state index in [4.69, 9.17) is 24.3 Å². The normalized spacial score (nSPS) is 21.4. The standard InChI is InChI=1S/C20H24F2N3O8P/c1-12(2)32-17(26)15-6-4-3-5-13(15)10-30-34(28,29)31-11-14-9-20(21,22)18(33-14)25-8-7-16(23)24-19(25)27/h3-8,12,14,18H,9-11H2,1-2H3,(H,28,29)(H2,23,24,27)/t14-,18+/m0/s1. The Hall–Kier alpha value is -2.70. The maximum Gasteiger partial charge on any atom is 0.472 e. The largest absolute Gasteiger partial charge is 0.472 e. The Bertz CT molecular complexity index is 1140. The summed E-state index contributed by atoms with van der Waals surface area (Å²) in [4.78, 5) is 37.4. The van der Waals surface area contributed by atoms with Gasteiger partial charge in [-0.25, -0.2) is 22.9 Å². The molecule has 2 aromatic rings. The molecule has 0 amide bonds. The number of esters is 1. The minimum Gasteiger partial charge on any atom is -0.459 e. The average molecular weight is 503 g/mol. The summed E-state index contributed by atoms with van der Waals surface area (Å²) in [5.74, 6) is -4.26. The molecule has 1 unspecified atom stereocenters. The van der Waals surface area contributed by atoms with E-state index in [1.54, 1.807) is 26.0 Å². The first-order chi connectivity index (χ1) is 15.9. The van der Waals surface area contributed by atoms with Gasteiger partial charge < -0.3 is 20.1 Å². The van der Waals surface area contributed by atoms with Gasteiger partial charge in [-0.2, -0.15) is 4.98 Å². The van der Waals surface area contributed by atoms with Crippen LogP contribution in [0.1, 0.15) is 42.4 Å². The number of phosphoric acid groups is 1. The molecule has 1 fully saturated rings. The Kier molecular flexibility index (Phi) is 7.84. The third-order valence-electron chi connectivity index (χ3n) is 4.67. The van der Waals surface area contributed by atoms with E-state index in [2.05, 4.69) is 4.98 Å². The molecule has 1 saturated heterocycles. The van der Waals surface area contributed by atoms with E-state index in [0.29, 0.717) is 4.57 Å². The molecule has 1 aromatic heterocycles. The van der Waals surface area contributed by atoms with E-state index in [1.165, 1.54) is 12.1 Å². The van der Waals surface area contributed by atoms with Crippen molar-refractivity contribution in [2.24, 2.45) is 0 Å². The van der Waals surface area contributed by atoms with Crippen LogP contribution in [0.3, 0.4) is 0 Å². The highest BCUT2D eigenvalue weighted by Gasteiger charge is 2.52. The minimum atomic E-state index is -4.71. The molecule has 0 saturated carbocycles. The first kappa shape index (κ1) is 25.9. The predicted molar refractivity (Wildman–Crippen MR) is 114 cm³/mol. The van der Waals surface area contributed by atoms with Gasteiger partial charge in [0.1, 0.15) is 5.82 Å². The van der Waals surface area contributed by atoms with Crippen LogP contribution in [-0.4, -0.2) is 45.2 Å². The number of halogens is 2. The number of aromatic nitrogens is 2. The zero-order chi connectivity index (χ0) is 25.1. The number of nitrogens with two attached hydrogens (primary N) is 1. The van der Waals surface area contributed by atoms with Gasteiger partial charge in [0.05, 0.1) is 31.0 Å². The molecule has 1 aliphatic heterocycles. The number of nitrogens with zero attached hydrogens (tertiary/aromatic N) is 2. The van der Waals surface area contributed by atoms with Gasteiger partial charge in [0.15, 0.2) is 0 Å². The molecule has 3 rings (SSSR count). The molecule has 3 N–H and O–H groups in total. The van der Waals surface area contributed by atoms with E-state index < -0.39 is 57.4 Å². The lowest BCUT2D eigenvalue weighted by atomic mass is 10.1. The summed E-state index contributed by atoms with van der Waals surface area (Å²) >= 11 is 0. The van der Waals surface area contributed by atoms with Crippen LogP contribution >= 0.6 is 7.82 Å². The second-order valence-corrected chi connectivity index (χ2v) is 9.22. The van der Waals surface area contributed by atoms with Gasteiger partial charge in [0.25, 0.3) is 5.92 Å². The summed E-state index contributed by atoms with van der Waals surface area (Å²) < 4.78 is 61.8. The molecule has 11 nitrogen and oxygen atoms in total. The Labute approximate surface area is 193 Å². The molecule has 1 aliphatic rings. The second kappa shape index (κ2) is 10.3. The van der Waals surface area contributed by atoms with E-state index in [-0.39, 0.29) is 23.0 Å². The Morgan fingerprint density at radius 3 is 2.74 bits per heavy atom. The van der Waals surface area contributed by atoms with Crippen molar-refractivity contribution in [2.75, 3.05) is 12.3 Å². The van der Waals surface area contributed by atoms with Crippen LogP contribution in [0.15, 0.2) is 41.3 Å². The minimum absolute atomic E-state index is 0.139. The van der Waals surface area contributed by atoms with Crippen molar-refractivity contribution < 1.29 is 41.6 Å². The van der Waals surface area contributed by atoms with Gasteiger partial charge in [-0.05, 0) is 31.5 Å². The van der Waals surface area contributed by atoms with Crippen LogP contribution in [0.2, 0.25) is 0 Å². The summed E-state index contributed by atoms with van der Waals surface area (Å²) in [6.45, 7) is 2.15. The fourth-order valence-corrected chi connectivity index (χ4v) is 3.93. The van der Waals surface area contributed by atoms with Crippen molar-refractivity contribution in [3.63, 3.8) is 0 Å². The molecule has 0 spiro atoms. The quantitative estimate of drug-likeness (QED) is 0.386. The van der Waals surface area contributed by atoms with Crippen LogP contribution in [0, 0.1) is 0 Å². The predicted octanol–water partition coefficient (Wildman–Crippen LogP) is 2.65. The number of carbonyl (C=O) groups excluding carboxylic acids is 1. The highest BCUT2D eigenvalue weighted by Crippen LogP contribution is 2.47. The van der Waals surface area contributed by atoms with Crippen molar-refractivity contribution in [1.82, 2.24) is 9.55 Å². The molecular weight excluding hydrogens is 479 g/mol. The van der Waals surface area contributed by atoms with E-state index in [0.717, 1.165) is 12.3 Å². The van der Waals surface area contributed by atoms with Crippen molar-refractivity contribution in [1.29, 1.82) is 0 Å². The third kappa shape index (κ3) is 6.45. The van der Waals surface area contributed by atoms with Gasteiger partial charge in [-0.3, -0.25) is 13.6 Å². The van der Waals surface area contributed by atoms with Crippen molar-refractivity contribution in [3.8, 4) is 0 Å². The monoisotopic (exact) mass is 503 g/mol. The van der Waals surface area contributed by atoms with E-state index in [1.807, 2.05) is 0 Å². The van der Waals surface area contributed by atoms with Crippen LogP contribution in [-0.2, 0) is 29.7 Å². The average Bonchev–Trinajstić information content (AvgIpc) is 3.05. The van der Waals surface area contributed by atoms with Gasteiger partial charge in [0.2, 0.25) is 6.23 Å². The number of ether oxygens (including phenoxy) is 2. The van der Waals surface area contributed by atoms with Crippen molar-refractivity contribution in [3.05, 3.63) is 58.1 Å². The topological polar surface area (TPSA) is 152 Å². The van der Waals surface area contributed by atoms with Gasteiger partial charge in [0, 0.05) is 12.6 Å². The SMILES string of the molecule is CC(C)OC(=O)c1ccccc1COP(=O)(O)OC[C@@H]1CC(F)(F)[C@H](n2ccc(N)nc2=O)O1. The second-order valence-electron chi connectivity index (χ2n) is 7.77. The number of hydrogen-bond acceptors (Lipinski definition) is 9. The molecule has 3 atom stereocenters. The van der Waals surface area contributed by atoms with Gasteiger partial charge >= 0.3 is 19.5 Å². The fourth-order valence-electron chi connectivity index (χ4n) is 3.19. The Morgan fingerprint density at radius 2 is 2.06 bits per heavy atom. The first-order valence-corrected chi connectivity index (χ1v) is 11.7. The summed E-state index contributed by atoms with van der Waals surface area (Å²) in [5.41, 5.74) is 4.74. The van der Waals surface area contributed by atoms with Crippen LogP contribution in [0.25, 0.3) is 0 Å². The summed E-state index contributed by atoms with van der Waals surface area (Å²) in [6.07, 6.45) is -3.53. The fraction of sp³-hybridized carbons (Fsp3) is 0.450. The first-order valence-electron chi connectivity index (χ1n) is 10.2. The lowest BCUT2D eigenvalue weighted by Gasteiger charge is -2.19. The zero-order valence-corrected chi connectivity index (χ0v) is 19.2. The molecule has 14 heteroatoms. The summed E-state index contributed by atoms with van der Waals surface area (Å²) in [6, 6.07) is 7.31. The number of nitrogen functional groups attached to an aromatic ring is 1. The Morgan fingerprint density at radius 1 is 1.35 bits per heavy atom. The molecule has 0 aliphatic carbocycles. The van der Waals surface area contributed by atoms with Gasteiger partial charge in [-0.1, -0.05) is 18.2 Å². The van der Waals surface area contributed by atoms with Crippen LogP contribution in [0.5, 0.6) is 0 Å².